The number of aliphatic hydroxyl groups is 3. The van der Waals surface area contributed by atoms with E-state index in [9.17, 15) is 24.9 Å². The first kappa shape index (κ1) is 22.0. The molecule has 0 unspecified atom stereocenters. The summed E-state index contributed by atoms with van der Waals surface area (Å²) in [6.45, 7) is -0.265. The minimum Gasteiger partial charge on any atom is -0.489 e. The molecule has 0 spiro atoms. The number of hydrogen-bond acceptors (Lipinski definition) is 7. The quantitative estimate of drug-likeness (QED) is 0.410. The second kappa shape index (κ2) is 9.09. The lowest BCUT2D eigenvalue weighted by atomic mass is 9.94. The second-order valence-corrected chi connectivity index (χ2v) is 7.66. The molecular weight excluding hydrogens is 416 g/mol. The average molecular weight is 440 g/mol. The molecule has 4 atom stereocenters. The van der Waals surface area contributed by atoms with Gasteiger partial charge in [-0.25, -0.2) is 4.79 Å². The van der Waals surface area contributed by atoms with E-state index in [0.717, 1.165) is 16.2 Å². The molecule has 0 aliphatic carbocycles. The maximum Gasteiger partial charge on any atom is 0.330 e. The lowest BCUT2D eigenvalue weighted by Crippen LogP contribution is -2.53. The van der Waals surface area contributed by atoms with Crippen LogP contribution in [0, 0.1) is 0 Å². The van der Waals surface area contributed by atoms with Gasteiger partial charge < -0.3 is 24.8 Å². The summed E-state index contributed by atoms with van der Waals surface area (Å²) in [5.74, 6) is 0.505. The van der Waals surface area contributed by atoms with Gasteiger partial charge in [-0.2, -0.15) is 0 Å². The maximum absolute atomic E-state index is 12.6. The zero-order valence-electron chi connectivity index (χ0n) is 17.1. The third kappa shape index (κ3) is 4.11. The van der Waals surface area contributed by atoms with E-state index in [1.165, 1.54) is 6.20 Å². The number of aromatic amines is 1. The molecule has 0 radical (unpaired) electrons. The van der Waals surface area contributed by atoms with Crippen LogP contribution >= 0.6 is 0 Å². The molecule has 168 valence electrons. The SMILES string of the molecule is O=c1ccn([C@]2(Cc3ccccc3OCc3ccccc3)O[C@H](CO)[C@@H](O)[C@H]2O)c(=O)[nH]1. The first-order valence-electron chi connectivity index (χ1n) is 10.2. The Bertz CT molecular complexity index is 1180. The molecule has 1 aliphatic heterocycles. The zero-order chi connectivity index (χ0) is 22.7. The molecule has 9 nitrogen and oxygen atoms in total. The highest BCUT2D eigenvalue weighted by atomic mass is 16.6. The van der Waals surface area contributed by atoms with Crippen molar-refractivity contribution in [2.75, 3.05) is 6.61 Å². The standard InChI is InChI=1S/C23H24N2O7/c26-13-18-20(28)21(29)23(32-18,25-11-10-19(27)24-22(25)30)12-16-8-4-5-9-17(16)31-14-15-6-2-1-3-7-15/h1-11,18,20-21,26,28-29H,12-14H2,(H,24,27,30)/t18-,20-,21-,23-/m1/s1. The molecule has 0 saturated carbocycles. The van der Waals surface area contributed by atoms with Crippen molar-refractivity contribution in [1.82, 2.24) is 9.55 Å². The van der Waals surface area contributed by atoms with Gasteiger partial charge >= 0.3 is 5.69 Å². The smallest absolute Gasteiger partial charge is 0.330 e. The van der Waals surface area contributed by atoms with Crippen LogP contribution in [0.5, 0.6) is 5.75 Å². The Morgan fingerprint density at radius 3 is 2.44 bits per heavy atom. The predicted molar refractivity (Wildman–Crippen MR) is 114 cm³/mol. The van der Waals surface area contributed by atoms with E-state index in [-0.39, 0.29) is 6.42 Å². The van der Waals surface area contributed by atoms with Crippen molar-refractivity contribution < 1.29 is 24.8 Å². The fraction of sp³-hybridized carbons (Fsp3) is 0.304. The summed E-state index contributed by atoms with van der Waals surface area (Å²) in [6, 6.07) is 17.8. The maximum atomic E-state index is 12.6. The molecule has 2 aromatic carbocycles. The number of para-hydroxylation sites is 1. The number of benzene rings is 2. The number of nitrogens with zero attached hydrogens (tertiary/aromatic N) is 1. The molecule has 9 heteroatoms. The van der Waals surface area contributed by atoms with Crippen molar-refractivity contribution >= 4 is 0 Å². The topological polar surface area (TPSA) is 134 Å². The van der Waals surface area contributed by atoms with E-state index in [0.29, 0.717) is 17.9 Å². The molecule has 3 aromatic rings. The molecule has 32 heavy (non-hydrogen) atoms. The third-order valence-corrected chi connectivity index (χ3v) is 5.59. The van der Waals surface area contributed by atoms with Crippen LogP contribution in [0.1, 0.15) is 11.1 Å². The van der Waals surface area contributed by atoms with Crippen LogP contribution in [0.3, 0.4) is 0 Å². The first-order valence-corrected chi connectivity index (χ1v) is 10.2. The Kier molecular flexibility index (Phi) is 6.24. The summed E-state index contributed by atoms with van der Waals surface area (Å²) < 4.78 is 12.9. The monoisotopic (exact) mass is 440 g/mol. The summed E-state index contributed by atoms with van der Waals surface area (Å²) >= 11 is 0. The molecular formula is C23H24N2O7. The summed E-state index contributed by atoms with van der Waals surface area (Å²) in [5.41, 5.74) is -1.64. The summed E-state index contributed by atoms with van der Waals surface area (Å²) in [4.78, 5) is 26.3. The first-order chi connectivity index (χ1) is 15.4. The molecule has 0 bridgehead atoms. The van der Waals surface area contributed by atoms with Gasteiger partial charge in [0.2, 0.25) is 0 Å². The number of ether oxygens (including phenoxy) is 2. The van der Waals surface area contributed by atoms with E-state index in [2.05, 4.69) is 4.98 Å². The van der Waals surface area contributed by atoms with E-state index < -0.39 is 41.9 Å². The highest BCUT2D eigenvalue weighted by molar-refractivity contribution is 5.35. The molecule has 4 N–H and O–H groups in total. The van der Waals surface area contributed by atoms with E-state index in [1.54, 1.807) is 24.3 Å². The van der Waals surface area contributed by atoms with Crippen LogP contribution in [0.2, 0.25) is 0 Å². The van der Waals surface area contributed by atoms with Crippen LogP contribution in [0.25, 0.3) is 0 Å². The normalized spacial score (nSPS) is 25.0. The number of hydrogen-bond donors (Lipinski definition) is 4. The molecule has 1 fully saturated rings. The van der Waals surface area contributed by atoms with Crippen molar-refractivity contribution in [3.8, 4) is 5.75 Å². The number of H-pyrrole nitrogens is 1. The Morgan fingerprint density at radius 2 is 1.75 bits per heavy atom. The average Bonchev–Trinajstić information content (AvgIpc) is 3.04. The van der Waals surface area contributed by atoms with Crippen molar-refractivity contribution in [3.05, 3.63) is 98.8 Å². The number of rotatable bonds is 7. The minimum absolute atomic E-state index is 0.0708. The molecule has 1 aromatic heterocycles. The van der Waals surface area contributed by atoms with Gasteiger partial charge in [0, 0.05) is 18.7 Å². The second-order valence-electron chi connectivity index (χ2n) is 7.66. The largest absolute Gasteiger partial charge is 0.489 e. The summed E-state index contributed by atoms with van der Waals surface area (Å²) in [6.07, 6.45) is -3.01. The predicted octanol–water partition coefficient (Wildman–Crippen LogP) is 0.124. The van der Waals surface area contributed by atoms with Gasteiger partial charge in [0.1, 0.15) is 30.7 Å². The van der Waals surface area contributed by atoms with Crippen molar-refractivity contribution in [3.63, 3.8) is 0 Å². The van der Waals surface area contributed by atoms with Crippen LogP contribution < -0.4 is 16.0 Å². The van der Waals surface area contributed by atoms with Gasteiger partial charge in [0.05, 0.1) is 6.61 Å². The van der Waals surface area contributed by atoms with Gasteiger partial charge in [-0.15, -0.1) is 0 Å². The van der Waals surface area contributed by atoms with Gasteiger partial charge in [0.15, 0.2) is 5.72 Å². The number of nitrogens with one attached hydrogen (secondary N) is 1. The van der Waals surface area contributed by atoms with Crippen LogP contribution in [0.4, 0.5) is 0 Å². The van der Waals surface area contributed by atoms with Crippen LogP contribution in [-0.2, 0) is 23.5 Å². The molecule has 4 rings (SSSR count). The molecule has 1 aliphatic rings. The number of aliphatic hydroxyl groups excluding tert-OH is 3. The highest BCUT2D eigenvalue weighted by Crippen LogP contribution is 2.39. The zero-order valence-corrected chi connectivity index (χ0v) is 17.1. The van der Waals surface area contributed by atoms with Crippen molar-refractivity contribution in [1.29, 1.82) is 0 Å². The number of aromatic nitrogens is 2. The lowest BCUT2D eigenvalue weighted by molar-refractivity contribution is -0.150. The van der Waals surface area contributed by atoms with Gasteiger partial charge in [-0.3, -0.25) is 14.3 Å². The fourth-order valence-corrected chi connectivity index (χ4v) is 3.96. The Morgan fingerprint density at radius 1 is 1.03 bits per heavy atom. The molecule has 1 saturated heterocycles. The molecule has 2 heterocycles. The molecule has 0 amide bonds. The summed E-state index contributed by atoms with van der Waals surface area (Å²) in [5, 5.41) is 31.0. The lowest BCUT2D eigenvalue weighted by Gasteiger charge is -2.34. The van der Waals surface area contributed by atoms with Crippen molar-refractivity contribution in [2.24, 2.45) is 0 Å². The van der Waals surface area contributed by atoms with E-state index in [1.807, 2.05) is 30.3 Å². The Hall–Kier alpha value is -3.24. The van der Waals surface area contributed by atoms with E-state index in [4.69, 9.17) is 9.47 Å². The van der Waals surface area contributed by atoms with Gasteiger partial charge in [-0.05, 0) is 17.2 Å². The highest BCUT2D eigenvalue weighted by Gasteiger charge is 2.56. The van der Waals surface area contributed by atoms with Gasteiger partial charge in [-0.1, -0.05) is 48.5 Å². The van der Waals surface area contributed by atoms with E-state index >= 15 is 0 Å². The Labute approximate surface area is 183 Å². The van der Waals surface area contributed by atoms with Crippen LogP contribution in [-0.4, -0.2) is 49.8 Å². The van der Waals surface area contributed by atoms with Gasteiger partial charge in [0.25, 0.3) is 5.56 Å². The fourth-order valence-electron chi connectivity index (χ4n) is 3.96. The third-order valence-electron chi connectivity index (χ3n) is 5.59. The van der Waals surface area contributed by atoms with Crippen LogP contribution in [0.15, 0.2) is 76.4 Å². The minimum atomic E-state index is -1.78. The summed E-state index contributed by atoms with van der Waals surface area (Å²) in [7, 11) is 0. The Balaban J connectivity index is 1.73. The van der Waals surface area contributed by atoms with Crippen molar-refractivity contribution in [2.45, 2.75) is 37.1 Å².